The molecule has 0 saturated carbocycles. The highest BCUT2D eigenvalue weighted by Crippen LogP contribution is 2.05. The highest BCUT2D eigenvalue weighted by Gasteiger charge is 1.95. The van der Waals surface area contributed by atoms with Crippen LogP contribution in [0.2, 0.25) is 0 Å². The molecule has 0 fully saturated rings. The molecule has 0 aliphatic rings. The summed E-state index contributed by atoms with van der Waals surface area (Å²) >= 11 is 5.78. The van der Waals surface area contributed by atoms with Crippen LogP contribution in [0.25, 0.3) is 0 Å². The smallest absolute Gasteiger partial charge is 0.0307 e. The lowest BCUT2D eigenvalue weighted by Crippen LogP contribution is -2.12. The lowest BCUT2D eigenvalue weighted by Gasteiger charge is -2.08. The zero-order chi connectivity index (χ0) is 7.98. The Morgan fingerprint density at radius 3 is 2.30 bits per heavy atom. The van der Waals surface area contributed by atoms with Crippen LogP contribution in [0.1, 0.15) is 26.2 Å². The Labute approximate surface area is 69.4 Å². The second-order valence-corrected chi connectivity index (χ2v) is 3.82. The third-order valence-electron chi connectivity index (χ3n) is 1.46. The molecule has 0 aromatic rings. The van der Waals surface area contributed by atoms with Crippen molar-refractivity contribution in [1.82, 2.24) is 4.90 Å². The normalized spacial score (nSPS) is 14.1. The van der Waals surface area contributed by atoms with Gasteiger partial charge in [-0.1, -0.05) is 6.42 Å². The molecule has 1 nitrogen and oxygen atoms in total. The van der Waals surface area contributed by atoms with Crippen LogP contribution in [-0.4, -0.2) is 30.9 Å². The fourth-order valence-electron chi connectivity index (χ4n) is 0.854. The van der Waals surface area contributed by atoms with Crippen LogP contribution in [0.15, 0.2) is 0 Å². The van der Waals surface area contributed by atoms with E-state index in [1.54, 1.807) is 0 Å². The van der Waals surface area contributed by atoms with Crippen molar-refractivity contribution in [2.45, 2.75) is 31.6 Å². The summed E-state index contributed by atoms with van der Waals surface area (Å²) in [7, 11) is 4.20. The van der Waals surface area contributed by atoms with Gasteiger partial charge in [-0.2, -0.15) is 0 Å². The van der Waals surface area contributed by atoms with Crippen LogP contribution < -0.4 is 0 Å². The van der Waals surface area contributed by atoms with E-state index in [0.29, 0.717) is 5.38 Å². The number of nitrogens with zero attached hydrogens (tertiary/aromatic N) is 1. The van der Waals surface area contributed by atoms with Crippen molar-refractivity contribution in [2.24, 2.45) is 0 Å². The molecule has 0 saturated heterocycles. The summed E-state index contributed by atoms with van der Waals surface area (Å²) in [5, 5.41) is 0.349. The van der Waals surface area contributed by atoms with Gasteiger partial charge >= 0.3 is 0 Å². The molecule has 0 N–H and O–H groups in total. The number of alkyl halides is 1. The van der Waals surface area contributed by atoms with Crippen LogP contribution >= 0.6 is 11.6 Å². The van der Waals surface area contributed by atoms with Gasteiger partial charge in [0.25, 0.3) is 0 Å². The van der Waals surface area contributed by atoms with E-state index in [1.807, 2.05) is 0 Å². The molecule has 0 radical (unpaired) electrons. The van der Waals surface area contributed by atoms with E-state index in [2.05, 4.69) is 25.9 Å². The zero-order valence-electron chi connectivity index (χ0n) is 7.23. The van der Waals surface area contributed by atoms with Gasteiger partial charge in [-0.3, -0.25) is 0 Å². The first-order valence-corrected chi connectivity index (χ1v) is 4.35. The van der Waals surface area contributed by atoms with Crippen LogP contribution in [0.5, 0.6) is 0 Å². The maximum absolute atomic E-state index is 5.78. The molecular weight excluding hydrogens is 146 g/mol. The Balaban J connectivity index is 2.91. The summed E-state index contributed by atoms with van der Waals surface area (Å²) in [5.41, 5.74) is 0. The largest absolute Gasteiger partial charge is 0.309 e. The van der Waals surface area contributed by atoms with Crippen LogP contribution in [0.4, 0.5) is 0 Å². The number of halogens is 1. The molecule has 0 aliphatic carbocycles. The second-order valence-electron chi connectivity index (χ2n) is 3.08. The summed E-state index contributed by atoms with van der Waals surface area (Å²) in [6.07, 6.45) is 3.67. The number of hydrogen-bond donors (Lipinski definition) is 0. The topological polar surface area (TPSA) is 3.24 Å². The highest BCUT2D eigenvalue weighted by molar-refractivity contribution is 6.20. The first kappa shape index (κ1) is 10.2. The molecule has 0 aromatic heterocycles. The van der Waals surface area contributed by atoms with Crippen molar-refractivity contribution in [1.29, 1.82) is 0 Å². The Hall–Kier alpha value is 0.250. The molecule has 0 bridgehead atoms. The maximum Gasteiger partial charge on any atom is 0.0307 e. The van der Waals surface area contributed by atoms with Gasteiger partial charge in [-0.15, -0.1) is 11.6 Å². The van der Waals surface area contributed by atoms with Gasteiger partial charge in [-0.05, 0) is 40.4 Å². The molecular formula is C8H18ClN. The fraction of sp³-hybridized carbons (Fsp3) is 1.00. The molecule has 2 heteroatoms. The van der Waals surface area contributed by atoms with E-state index in [9.17, 15) is 0 Å². The predicted octanol–water partition coefficient (Wildman–Crippen LogP) is 2.35. The minimum absolute atomic E-state index is 0.349. The van der Waals surface area contributed by atoms with Gasteiger partial charge in [0.15, 0.2) is 0 Å². The molecule has 1 unspecified atom stereocenters. The van der Waals surface area contributed by atoms with Crippen molar-refractivity contribution >= 4 is 11.6 Å². The summed E-state index contributed by atoms with van der Waals surface area (Å²) in [6.45, 7) is 3.24. The minimum Gasteiger partial charge on any atom is -0.309 e. The summed E-state index contributed by atoms with van der Waals surface area (Å²) in [5.74, 6) is 0. The molecule has 0 aliphatic heterocycles. The summed E-state index contributed by atoms with van der Waals surface area (Å²) in [4.78, 5) is 2.21. The van der Waals surface area contributed by atoms with E-state index in [4.69, 9.17) is 11.6 Å². The monoisotopic (exact) mass is 163 g/mol. The van der Waals surface area contributed by atoms with Crippen molar-refractivity contribution in [3.05, 3.63) is 0 Å². The molecule has 0 rings (SSSR count). The maximum atomic E-state index is 5.78. The molecule has 0 spiro atoms. The molecule has 0 aromatic carbocycles. The van der Waals surface area contributed by atoms with E-state index in [0.717, 1.165) is 6.42 Å². The van der Waals surface area contributed by atoms with Crippen molar-refractivity contribution in [3.63, 3.8) is 0 Å². The van der Waals surface area contributed by atoms with Crippen LogP contribution in [0, 0.1) is 0 Å². The van der Waals surface area contributed by atoms with Gasteiger partial charge in [-0.25, -0.2) is 0 Å². The van der Waals surface area contributed by atoms with Crippen molar-refractivity contribution in [3.8, 4) is 0 Å². The standard InChI is InChI=1S/C8H18ClN/c1-8(9)6-4-5-7-10(2)3/h8H,4-7H2,1-3H3. The quantitative estimate of drug-likeness (QED) is 0.444. The summed E-state index contributed by atoms with van der Waals surface area (Å²) in [6, 6.07) is 0. The minimum atomic E-state index is 0.349. The average Bonchev–Trinajstić information content (AvgIpc) is 1.79. The van der Waals surface area contributed by atoms with Gasteiger partial charge < -0.3 is 4.90 Å². The van der Waals surface area contributed by atoms with Gasteiger partial charge in [0.2, 0.25) is 0 Å². The van der Waals surface area contributed by atoms with Crippen LogP contribution in [0.3, 0.4) is 0 Å². The number of hydrogen-bond acceptors (Lipinski definition) is 1. The SMILES string of the molecule is CC(Cl)CCCCN(C)C. The highest BCUT2D eigenvalue weighted by atomic mass is 35.5. The number of rotatable bonds is 5. The Morgan fingerprint density at radius 1 is 1.30 bits per heavy atom. The molecule has 62 valence electrons. The van der Waals surface area contributed by atoms with Gasteiger partial charge in [0.05, 0.1) is 0 Å². The average molecular weight is 164 g/mol. The van der Waals surface area contributed by atoms with Crippen molar-refractivity contribution < 1.29 is 0 Å². The second kappa shape index (κ2) is 5.99. The van der Waals surface area contributed by atoms with E-state index in [-0.39, 0.29) is 0 Å². The first-order valence-electron chi connectivity index (χ1n) is 3.91. The first-order chi connectivity index (χ1) is 4.63. The molecule has 10 heavy (non-hydrogen) atoms. The van der Waals surface area contributed by atoms with E-state index < -0.39 is 0 Å². The Kier molecular flexibility index (Phi) is 6.14. The van der Waals surface area contributed by atoms with Crippen molar-refractivity contribution in [2.75, 3.05) is 20.6 Å². The molecule has 0 heterocycles. The molecule has 0 amide bonds. The third kappa shape index (κ3) is 8.25. The van der Waals surface area contributed by atoms with Crippen LogP contribution in [-0.2, 0) is 0 Å². The lowest BCUT2D eigenvalue weighted by atomic mass is 10.2. The lowest BCUT2D eigenvalue weighted by molar-refractivity contribution is 0.391. The Morgan fingerprint density at radius 2 is 1.90 bits per heavy atom. The van der Waals surface area contributed by atoms with E-state index >= 15 is 0 Å². The van der Waals surface area contributed by atoms with Gasteiger partial charge in [0.1, 0.15) is 0 Å². The number of unbranched alkanes of at least 4 members (excludes halogenated alkanes) is 1. The zero-order valence-corrected chi connectivity index (χ0v) is 7.99. The fourth-order valence-corrected chi connectivity index (χ4v) is 1.01. The summed E-state index contributed by atoms with van der Waals surface area (Å²) < 4.78 is 0. The Bertz CT molecular complexity index is 61.7. The molecule has 1 atom stereocenters. The predicted molar refractivity (Wildman–Crippen MR) is 47.7 cm³/mol. The third-order valence-corrected chi connectivity index (χ3v) is 1.68. The van der Waals surface area contributed by atoms with E-state index in [1.165, 1.54) is 19.4 Å². The van der Waals surface area contributed by atoms with Gasteiger partial charge in [0, 0.05) is 5.38 Å².